The molecule has 0 saturated carbocycles. The Kier molecular flexibility index (Phi) is 3.02. The lowest BCUT2D eigenvalue weighted by Crippen LogP contribution is -2.19. The van der Waals surface area contributed by atoms with Crippen molar-refractivity contribution in [2.24, 2.45) is 5.73 Å². The molecule has 16 heavy (non-hydrogen) atoms. The van der Waals surface area contributed by atoms with Crippen LogP contribution in [0.25, 0.3) is 0 Å². The lowest BCUT2D eigenvalue weighted by molar-refractivity contribution is -0.139. The molecular formula is C13H19NO2. The normalized spacial score (nSPS) is 25.6. The van der Waals surface area contributed by atoms with Crippen molar-refractivity contribution in [2.45, 2.75) is 38.7 Å². The molecule has 2 rings (SSSR count). The topological polar surface area (TPSA) is 44.5 Å². The average molecular weight is 221 g/mol. The van der Waals surface area contributed by atoms with E-state index in [-0.39, 0.29) is 12.1 Å². The van der Waals surface area contributed by atoms with Gasteiger partial charge in [0.1, 0.15) is 6.10 Å². The molecule has 3 heteroatoms. The van der Waals surface area contributed by atoms with E-state index in [1.54, 1.807) is 0 Å². The minimum Gasteiger partial charge on any atom is -0.347 e. The molecular weight excluding hydrogens is 202 g/mol. The van der Waals surface area contributed by atoms with Crippen LogP contribution in [0.1, 0.15) is 44.0 Å². The molecule has 1 aromatic carbocycles. The van der Waals surface area contributed by atoms with Gasteiger partial charge in [-0.25, -0.2) is 0 Å². The van der Waals surface area contributed by atoms with Crippen LogP contribution in [0.4, 0.5) is 0 Å². The van der Waals surface area contributed by atoms with Gasteiger partial charge in [0, 0.05) is 6.04 Å². The summed E-state index contributed by atoms with van der Waals surface area (Å²) in [5.41, 5.74) is 8.09. The molecule has 88 valence electrons. The van der Waals surface area contributed by atoms with Crippen LogP contribution in [0.15, 0.2) is 24.3 Å². The van der Waals surface area contributed by atoms with Gasteiger partial charge in [-0.1, -0.05) is 24.3 Å². The smallest absolute Gasteiger partial charge is 0.163 e. The second kappa shape index (κ2) is 4.17. The Balaban J connectivity index is 2.11. The summed E-state index contributed by atoms with van der Waals surface area (Å²) in [5, 5.41) is 0. The summed E-state index contributed by atoms with van der Waals surface area (Å²) >= 11 is 0. The highest BCUT2D eigenvalue weighted by atomic mass is 16.7. The van der Waals surface area contributed by atoms with Crippen LogP contribution < -0.4 is 5.73 Å². The Labute approximate surface area is 96.5 Å². The maximum absolute atomic E-state index is 5.80. The van der Waals surface area contributed by atoms with E-state index >= 15 is 0 Å². The average Bonchev–Trinajstić information content (AvgIpc) is 2.59. The van der Waals surface area contributed by atoms with E-state index in [1.807, 2.05) is 20.8 Å². The van der Waals surface area contributed by atoms with Crippen LogP contribution in [-0.4, -0.2) is 12.4 Å². The lowest BCUT2D eigenvalue weighted by atomic mass is 10.0. The van der Waals surface area contributed by atoms with Crippen molar-refractivity contribution < 1.29 is 9.47 Å². The Morgan fingerprint density at radius 1 is 1.31 bits per heavy atom. The molecule has 1 saturated heterocycles. The third-order valence-electron chi connectivity index (χ3n) is 2.84. The Morgan fingerprint density at radius 2 is 1.94 bits per heavy atom. The molecule has 0 aliphatic carbocycles. The Bertz CT molecular complexity index is 357. The molecule has 1 heterocycles. The Morgan fingerprint density at radius 3 is 2.38 bits per heavy atom. The van der Waals surface area contributed by atoms with E-state index in [0.717, 1.165) is 11.1 Å². The van der Waals surface area contributed by atoms with Crippen LogP contribution in [0, 0.1) is 0 Å². The monoisotopic (exact) mass is 221 g/mol. The number of benzene rings is 1. The van der Waals surface area contributed by atoms with Crippen LogP contribution >= 0.6 is 0 Å². The van der Waals surface area contributed by atoms with Gasteiger partial charge in [0.05, 0.1) is 6.61 Å². The molecule has 0 amide bonds. The standard InChI is InChI=1S/C13H19NO2/c1-9(14)10-4-6-11(7-5-10)12-8-15-13(2,3)16-12/h4-7,9,12H,8,14H2,1-3H3. The van der Waals surface area contributed by atoms with Crippen molar-refractivity contribution in [1.29, 1.82) is 0 Å². The summed E-state index contributed by atoms with van der Waals surface area (Å²) in [5.74, 6) is -0.468. The van der Waals surface area contributed by atoms with E-state index in [4.69, 9.17) is 15.2 Å². The zero-order valence-electron chi connectivity index (χ0n) is 10.1. The number of ether oxygens (including phenoxy) is 2. The van der Waals surface area contributed by atoms with Gasteiger partial charge in [-0.15, -0.1) is 0 Å². The number of rotatable bonds is 2. The summed E-state index contributed by atoms with van der Waals surface area (Å²) in [6, 6.07) is 8.30. The van der Waals surface area contributed by atoms with E-state index in [2.05, 4.69) is 24.3 Å². The van der Waals surface area contributed by atoms with E-state index in [1.165, 1.54) is 0 Å². The number of nitrogens with two attached hydrogens (primary N) is 1. The first-order valence-corrected chi connectivity index (χ1v) is 5.65. The third kappa shape index (κ3) is 2.43. The van der Waals surface area contributed by atoms with Gasteiger partial charge >= 0.3 is 0 Å². The molecule has 0 spiro atoms. The van der Waals surface area contributed by atoms with Crippen molar-refractivity contribution in [2.75, 3.05) is 6.61 Å². The highest BCUT2D eigenvalue weighted by molar-refractivity contribution is 5.26. The van der Waals surface area contributed by atoms with Crippen molar-refractivity contribution in [3.63, 3.8) is 0 Å². The molecule has 2 unspecified atom stereocenters. The van der Waals surface area contributed by atoms with E-state index in [0.29, 0.717) is 6.61 Å². The van der Waals surface area contributed by atoms with Crippen molar-refractivity contribution in [1.82, 2.24) is 0 Å². The number of hydrogen-bond donors (Lipinski definition) is 1. The van der Waals surface area contributed by atoms with Gasteiger partial charge in [-0.2, -0.15) is 0 Å². The van der Waals surface area contributed by atoms with Crippen LogP contribution in [-0.2, 0) is 9.47 Å². The van der Waals surface area contributed by atoms with Gasteiger partial charge in [-0.05, 0) is 31.9 Å². The third-order valence-corrected chi connectivity index (χ3v) is 2.84. The highest BCUT2D eigenvalue weighted by Gasteiger charge is 2.33. The maximum atomic E-state index is 5.80. The molecule has 0 radical (unpaired) electrons. The van der Waals surface area contributed by atoms with E-state index in [9.17, 15) is 0 Å². The summed E-state index contributed by atoms with van der Waals surface area (Å²) in [7, 11) is 0. The quantitative estimate of drug-likeness (QED) is 0.834. The van der Waals surface area contributed by atoms with Crippen molar-refractivity contribution in [3.05, 3.63) is 35.4 Å². The van der Waals surface area contributed by atoms with Gasteiger partial charge in [0.15, 0.2) is 5.79 Å². The summed E-state index contributed by atoms with van der Waals surface area (Å²) in [6.07, 6.45) is 0.0390. The minimum atomic E-state index is -0.468. The fourth-order valence-electron chi connectivity index (χ4n) is 1.87. The minimum absolute atomic E-state index is 0.0390. The fraction of sp³-hybridized carbons (Fsp3) is 0.538. The van der Waals surface area contributed by atoms with Crippen LogP contribution in [0.5, 0.6) is 0 Å². The zero-order valence-corrected chi connectivity index (χ0v) is 10.1. The summed E-state index contributed by atoms with van der Waals surface area (Å²) in [4.78, 5) is 0. The predicted molar refractivity (Wildman–Crippen MR) is 62.9 cm³/mol. The van der Waals surface area contributed by atoms with Crippen molar-refractivity contribution in [3.8, 4) is 0 Å². The molecule has 1 aromatic rings. The second-order valence-electron chi connectivity index (χ2n) is 4.77. The molecule has 1 aliphatic rings. The molecule has 2 N–H and O–H groups in total. The molecule has 1 fully saturated rings. The summed E-state index contributed by atoms with van der Waals surface area (Å²) < 4.78 is 11.3. The van der Waals surface area contributed by atoms with E-state index < -0.39 is 5.79 Å². The van der Waals surface area contributed by atoms with Crippen molar-refractivity contribution >= 4 is 0 Å². The fourth-order valence-corrected chi connectivity index (χ4v) is 1.87. The van der Waals surface area contributed by atoms with Crippen LogP contribution in [0.3, 0.4) is 0 Å². The van der Waals surface area contributed by atoms with Gasteiger partial charge in [0.2, 0.25) is 0 Å². The zero-order chi connectivity index (χ0) is 11.8. The van der Waals surface area contributed by atoms with Gasteiger partial charge in [-0.3, -0.25) is 0 Å². The van der Waals surface area contributed by atoms with Gasteiger partial charge < -0.3 is 15.2 Å². The first-order chi connectivity index (χ1) is 7.48. The molecule has 2 atom stereocenters. The first kappa shape index (κ1) is 11.6. The van der Waals surface area contributed by atoms with Gasteiger partial charge in [0.25, 0.3) is 0 Å². The SMILES string of the molecule is CC(N)c1ccc(C2COC(C)(C)O2)cc1. The van der Waals surface area contributed by atoms with Crippen LogP contribution in [0.2, 0.25) is 0 Å². The predicted octanol–water partition coefficient (Wildman–Crippen LogP) is 2.53. The molecule has 0 bridgehead atoms. The largest absolute Gasteiger partial charge is 0.347 e. The Hall–Kier alpha value is -0.900. The molecule has 0 aromatic heterocycles. The lowest BCUT2D eigenvalue weighted by Gasteiger charge is -2.17. The highest BCUT2D eigenvalue weighted by Crippen LogP contribution is 2.32. The second-order valence-corrected chi connectivity index (χ2v) is 4.77. The first-order valence-electron chi connectivity index (χ1n) is 5.65. The molecule has 1 aliphatic heterocycles. The summed E-state index contributed by atoms with van der Waals surface area (Å²) in [6.45, 7) is 6.46. The number of hydrogen-bond acceptors (Lipinski definition) is 3. The maximum Gasteiger partial charge on any atom is 0.163 e. The molecule has 3 nitrogen and oxygen atoms in total.